The number of benzene rings is 1. The van der Waals surface area contributed by atoms with E-state index in [9.17, 15) is 13.2 Å². The van der Waals surface area contributed by atoms with E-state index >= 15 is 0 Å². The molecule has 5 rings (SSSR count). The molecule has 0 spiro atoms. The van der Waals surface area contributed by atoms with Crippen molar-refractivity contribution in [2.45, 2.75) is 43.9 Å². The van der Waals surface area contributed by atoms with Gasteiger partial charge in [0, 0.05) is 30.2 Å². The van der Waals surface area contributed by atoms with Crippen LogP contribution >= 0.6 is 22.7 Å². The smallest absolute Gasteiger partial charge is 0.344 e. The third kappa shape index (κ3) is 6.54. The van der Waals surface area contributed by atoms with Crippen molar-refractivity contribution in [1.29, 1.82) is 0 Å². The van der Waals surface area contributed by atoms with Crippen LogP contribution in [0.3, 0.4) is 0 Å². The summed E-state index contributed by atoms with van der Waals surface area (Å²) in [5.74, 6) is 0.643. The molecule has 1 unspecified atom stereocenters. The fourth-order valence-corrected chi connectivity index (χ4v) is 8.62. The molecule has 0 radical (unpaired) electrons. The van der Waals surface area contributed by atoms with Crippen molar-refractivity contribution in [3.63, 3.8) is 0 Å². The van der Waals surface area contributed by atoms with Gasteiger partial charge in [-0.25, -0.2) is 27.6 Å². The summed E-state index contributed by atoms with van der Waals surface area (Å²) in [6, 6.07) is 14.4. The monoisotopic (exact) mass is 654 g/mol. The summed E-state index contributed by atoms with van der Waals surface area (Å²) in [5, 5.41) is 8.96. The molecule has 0 aliphatic heterocycles. The fraction of sp³-hybridized carbons (Fsp3) is 0.333. The molecular formula is C30H34N6O5S3. The van der Waals surface area contributed by atoms with E-state index in [0.717, 1.165) is 33.9 Å². The van der Waals surface area contributed by atoms with Crippen molar-refractivity contribution in [3.05, 3.63) is 98.2 Å². The molecule has 4 heterocycles. The number of sulfonamides is 1. The Bertz CT molecular complexity index is 1830. The Labute approximate surface area is 264 Å². The van der Waals surface area contributed by atoms with Gasteiger partial charge in [0.05, 0.1) is 24.6 Å². The molecule has 1 aromatic carbocycles. The normalized spacial score (nSPS) is 12.5. The third-order valence-corrected chi connectivity index (χ3v) is 11.4. The number of methoxy groups -OCH3 is 1. The van der Waals surface area contributed by atoms with Gasteiger partial charge >= 0.3 is 5.69 Å². The average Bonchev–Trinajstić information content (AvgIpc) is 3.74. The number of H-pyrrole nitrogens is 1. The lowest BCUT2D eigenvalue weighted by atomic mass is 9.99. The second-order valence-corrected chi connectivity index (χ2v) is 14.1. The van der Waals surface area contributed by atoms with E-state index in [4.69, 9.17) is 9.47 Å². The summed E-state index contributed by atoms with van der Waals surface area (Å²) in [6.07, 6.45) is 3.14. The number of ether oxygens (including phenoxy) is 2. The number of aromatic amines is 1. The number of hydrogen-bond donors (Lipinski definition) is 1. The Morgan fingerprint density at radius 1 is 1.09 bits per heavy atom. The number of rotatable bonds is 14. The van der Waals surface area contributed by atoms with E-state index in [1.165, 1.54) is 15.6 Å². The maximum atomic E-state index is 14.2. The van der Waals surface area contributed by atoms with Crippen molar-refractivity contribution in [3.8, 4) is 11.1 Å². The molecule has 0 amide bonds. The Morgan fingerprint density at radius 3 is 2.55 bits per heavy atom. The van der Waals surface area contributed by atoms with Crippen molar-refractivity contribution < 1.29 is 17.9 Å². The molecule has 4 aromatic heterocycles. The van der Waals surface area contributed by atoms with Crippen LogP contribution in [-0.4, -0.2) is 60.2 Å². The van der Waals surface area contributed by atoms with Crippen molar-refractivity contribution in [1.82, 2.24) is 24.7 Å². The summed E-state index contributed by atoms with van der Waals surface area (Å²) in [4.78, 5) is 23.0. The quantitative estimate of drug-likeness (QED) is 0.128. The van der Waals surface area contributed by atoms with Gasteiger partial charge in [0.2, 0.25) is 5.13 Å². The zero-order chi connectivity index (χ0) is 31.3. The molecule has 0 saturated heterocycles. The SMILES string of the molecule is CCCc1n[nH]c(=O)n1C(c1ccc(-c2ccsc2S(=O)(=O)N(COCCOC)c2nc(C)c(C)s2)cc1)c1ccccn1. The summed E-state index contributed by atoms with van der Waals surface area (Å²) in [7, 11) is -2.48. The van der Waals surface area contributed by atoms with Crippen LogP contribution < -0.4 is 9.99 Å². The summed E-state index contributed by atoms with van der Waals surface area (Å²) < 4.78 is 42.1. The number of aromatic nitrogens is 5. The largest absolute Gasteiger partial charge is 0.382 e. The van der Waals surface area contributed by atoms with Gasteiger partial charge in [-0.1, -0.05) is 37.3 Å². The number of pyridine rings is 1. The molecule has 14 heteroatoms. The highest BCUT2D eigenvalue weighted by Gasteiger charge is 2.32. The molecule has 0 saturated carbocycles. The van der Waals surface area contributed by atoms with Gasteiger partial charge in [-0.3, -0.25) is 9.55 Å². The van der Waals surface area contributed by atoms with Gasteiger partial charge < -0.3 is 9.47 Å². The Balaban J connectivity index is 1.52. The minimum atomic E-state index is -4.04. The molecule has 1 N–H and O–H groups in total. The molecule has 0 fully saturated rings. The van der Waals surface area contributed by atoms with Gasteiger partial charge in [-0.15, -0.1) is 22.7 Å². The molecule has 1 atom stereocenters. The maximum absolute atomic E-state index is 14.2. The van der Waals surface area contributed by atoms with Crippen molar-refractivity contribution in [2.24, 2.45) is 0 Å². The van der Waals surface area contributed by atoms with Crippen molar-refractivity contribution in [2.75, 3.05) is 31.4 Å². The van der Waals surface area contributed by atoms with Crippen LogP contribution in [0.5, 0.6) is 0 Å². The first kappa shape index (κ1) is 31.7. The van der Waals surface area contributed by atoms with E-state index in [2.05, 4.69) is 20.2 Å². The van der Waals surface area contributed by atoms with Crippen LogP contribution in [0.4, 0.5) is 5.13 Å². The van der Waals surface area contributed by atoms with Crippen molar-refractivity contribution >= 4 is 37.8 Å². The highest BCUT2D eigenvalue weighted by Crippen LogP contribution is 2.38. The molecule has 0 bridgehead atoms. The van der Waals surface area contributed by atoms with Gasteiger partial charge in [-0.2, -0.15) is 5.10 Å². The van der Waals surface area contributed by atoms with E-state index in [1.54, 1.807) is 29.3 Å². The zero-order valence-electron chi connectivity index (χ0n) is 24.9. The molecule has 0 aliphatic carbocycles. The van der Waals surface area contributed by atoms with E-state index < -0.39 is 16.1 Å². The van der Waals surface area contributed by atoms with Gasteiger partial charge in [-0.05, 0) is 55.0 Å². The molecule has 11 nitrogen and oxygen atoms in total. The van der Waals surface area contributed by atoms with Crippen LogP contribution in [-0.2, 0) is 25.9 Å². The summed E-state index contributed by atoms with van der Waals surface area (Å²) in [6.45, 7) is 6.17. The Kier molecular flexibility index (Phi) is 10.1. The predicted molar refractivity (Wildman–Crippen MR) is 172 cm³/mol. The van der Waals surface area contributed by atoms with Crippen LogP contribution in [0.15, 0.2) is 69.1 Å². The fourth-order valence-electron chi connectivity index (χ4n) is 4.73. The highest BCUT2D eigenvalue weighted by molar-refractivity contribution is 7.95. The first-order chi connectivity index (χ1) is 21.3. The Hall–Kier alpha value is -3.69. The van der Waals surface area contributed by atoms with E-state index in [-0.39, 0.29) is 23.2 Å². The number of nitrogens with one attached hydrogen (secondary N) is 1. The van der Waals surface area contributed by atoms with Crippen LogP contribution in [0.25, 0.3) is 11.1 Å². The average molecular weight is 655 g/mol. The zero-order valence-corrected chi connectivity index (χ0v) is 27.3. The molecule has 44 heavy (non-hydrogen) atoms. The number of aryl methyl sites for hydroxylation is 3. The lowest BCUT2D eigenvalue weighted by molar-refractivity contribution is 0.0756. The van der Waals surface area contributed by atoms with Crippen LogP contribution in [0.2, 0.25) is 0 Å². The van der Waals surface area contributed by atoms with Crippen LogP contribution in [0, 0.1) is 13.8 Å². The topological polar surface area (TPSA) is 132 Å². The van der Waals surface area contributed by atoms with Gasteiger partial charge in [0.25, 0.3) is 10.0 Å². The minimum Gasteiger partial charge on any atom is -0.382 e. The van der Waals surface area contributed by atoms with Crippen LogP contribution in [0.1, 0.15) is 47.0 Å². The van der Waals surface area contributed by atoms with Gasteiger partial charge in [0.1, 0.15) is 22.8 Å². The highest BCUT2D eigenvalue weighted by atomic mass is 32.2. The number of hydrogen-bond acceptors (Lipinski definition) is 10. The van der Waals surface area contributed by atoms with Gasteiger partial charge in [0.15, 0.2) is 0 Å². The standard InChI is InChI=1S/C30H34N6O5S3/c1-5-8-26-33-34-29(37)36(26)27(25-9-6-7-15-31-25)23-12-10-22(11-13-23)24-14-18-42-28(24)44(38,39)35(19-41-17-16-40-4)30-32-20(2)21(3)43-30/h6-7,9-15,18,27H,5,8,16-17,19H2,1-4H3,(H,34,37). The summed E-state index contributed by atoms with van der Waals surface area (Å²) in [5.41, 5.74) is 3.24. The summed E-state index contributed by atoms with van der Waals surface area (Å²) >= 11 is 2.45. The Morgan fingerprint density at radius 2 is 1.89 bits per heavy atom. The number of nitrogens with zero attached hydrogens (tertiary/aromatic N) is 5. The second-order valence-electron chi connectivity index (χ2n) is 9.99. The second kappa shape index (κ2) is 13.9. The third-order valence-electron chi connectivity index (χ3n) is 7.04. The molecular weight excluding hydrogens is 621 g/mol. The molecule has 232 valence electrons. The first-order valence-corrected chi connectivity index (χ1v) is 17.2. The number of thiophene rings is 1. The van der Waals surface area contributed by atoms with E-state index in [0.29, 0.717) is 40.8 Å². The maximum Gasteiger partial charge on any atom is 0.344 e. The lowest BCUT2D eigenvalue weighted by Gasteiger charge is -2.22. The first-order valence-electron chi connectivity index (χ1n) is 14.0. The molecule has 5 aromatic rings. The lowest BCUT2D eigenvalue weighted by Crippen LogP contribution is -2.33. The molecule has 0 aliphatic rings. The minimum absolute atomic E-state index is 0.184. The number of thiazole rings is 1. The number of anilines is 1. The predicted octanol–water partition coefficient (Wildman–Crippen LogP) is 5.17. The van der Waals surface area contributed by atoms with E-state index in [1.807, 2.05) is 63.2 Å².